The lowest BCUT2D eigenvalue weighted by Crippen LogP contribution is -2.17. The Labute approximate surface area is 94.9 Å². The molecule has 0 aromatic carbocycles. The molecular formula is C11H17N5. The van der Waals surface area contributed by atoms with Gasteiger partial charge in [0.1, 0.15) is 0 Å². The fourth-order valence-electron chi connectivity index (χ4n) is 1.59. The van der Waals surface area contributed by atoms with Crippen LogP contribution in [0.2, 0.25) is 0 Å². The van der Waals surface area contributed by atoms with Gasteiger partial charge < -0.3 is 5.32 Å². The first-order chi connectivity index (χ1) is 7.75. The Kier molecular flexibility index (Phi) is 3.36. The van der Waals surface area contributed by atoms with Gasteiger partial charge in [-0.05, 0) is 13.0 Å². The van der Waals surface area contributed by atoms with Crippen LogP contribution in [0.25, 0.3) is 0 Å². The number of rotatable bonds is 5. The summed E-state index contributed by atoms with van der Waals surface area (Å²) >= 11 is 0. The van der Waals surface area contributed by atoms with Crippen LogP contribution in [-0.4, -0.2) is 26.5 Å². The van der Waals surface area contributed by atoms with E-state index in [0.29, 0.717) is 0 Å². The second kappa shape index (κ2) is 4.94. The van der Waals surface area contributed by atoms with Gasteiger partial charge in [0.25, 0.3) is 0 Å². The standard InChI is InChI=1S/C11H17N5/c1-9-10(8-13-14-9)7-12-5-3-11-4-6-16(2)15-11/h4,6,8,12H,3,5,7H2,1-2H3,(H,13,14). The monoisotopic (exact) mass is 219 g/mol. The van der Waals surface area contributed by atoms with Crippen molar-refractivity contribution in [2.24, 2.45) is 7.05 Å². The Balaban J connectivity index is 1.71. The van der Waals surface area contributed by atoms with Crippen molar-refractivity contribution < 1.29 is 0 Å². The highest BCUT2D eigenvalue weighted by Gasteiger charge is 2.00. The second-order valence-corrected chi connectivity index (χ2v) is 3.93. The first-order valence-corrected chi connectivity index (χ1v) is 5.44. The average Bonchev–Trinajstić information content (AvgIpc) is 2.83. The molecule has 0 saturated heterocycles. The fourth-order valence-corrected chi connectivity index (χ4v) is 1.59. The minimum atomic E-state index is 0.856. The predicted molar refractivity (Wildman–Crippen MR) is 61.9 cm³/mol. The quantitative estimate of drug-likeness (QED) is 0.731. The van der Waals surface area contributed by atoms with E-state index in [0.717, 1.165) is 30.9 Å². The van der Waals surface area contributed by atoms with Crippen molar-refractivity contribution in [2.45, 2.75) is 19.9 Å². The van der Waals surface area contributed by atoms with Gasteiger partial charge in [0, 0.05) is 44.0 Å². The minimum absolute atomic E-state index is 0.856. The third-order valence-corrected chi connectivity index (χ3v) is 2.58. The highest BCUT2D eigenvalue weighted by Crippen LogP contribution is 2.01. The number of hydrogen-bond acceptors (Lipinski definition) is 3. The van der Waals surface area contributed by atoms with Gasteiger partial charge in [-0.2, -0.15) is 10.2 Å². The summed E-state index contributed by atoms with van der Waals surface area (Å²) in [5, 5.41) is 14.6. The molecule has 0 aliphatic rings. The molecule has 0 saturated carbocycles. The molecule has 0 fully saturated rings. The van der Waals surface area contributed by atoms with E-state index in [1.807, 2.05) is 37.1 Å². The fraction of sp³-hybridized carbons (Fsp3) is 0.455. The summed E-state index contributed by atoms with van der Waals surface area (Å²) in [5.41, 5.74) is 3.48. The third-order valence-electron chi connectivity index (χ3n) is 2.58. The molecule has 0 amide bonds. The molecule has 2 aromatic heterocycles. The summed E-state index contributed by atoms with van der Waals surface area (Å²) in [6, 6.07) is 2.05. The van der Waals surface area contributed by atoms with Crippen LogP contribution >= 0.6 is 0 Å². The van der Waals surface area contributed by atoms with E-state index < -0.39 is 0 Å². The van der Waals surface area contributed by atoms with Gasteiger partial charge in [0.15, 0.2) is 0 Å². The number of aryl methyl sites for hydroxylation is 2. The molecular weight excluding hydrogens is 202 g/mol. The highest BCUT2D eigenvalue weighted by atomic mass is 15.2. The van der Waals surface area contributed by atoms with Crippen LogP contribution in [0.4, 0.5) is 0 Å². The number of hydrogen-bond donors (Lipinski definition) is 2. The van der Waals surface area contributed by atoms with Crippen molar-refractivity contribution in [1.29, 1.82) is 0 Å². The van der Waals surface area contributed by atoms with Crippen molar-refractivity contribution in [3.63, 3.8) is 0 Å². The van der Waals surface area contributed by atoms with E-state index in [4.69, 9.17) is 0 Å². The van der Waals surface area contributed by atoms with Crippen molar-refractivity contribution in [3.8, 4) is 0 Å². The Morgan fingerprint density at radius 2 is 2.38 bits per heavy atom. The average molecular weight is 219 g/mol. The number of nitrogens with one attached hydrogen (secondary N) is 2. The van der Waals surface area contributed by atoms with Gasteiger partial charge in [0.2, 0.25) is 0 Å². The van der Waals surface area contributed by atoms with E-state index in [1.165, 1.54) is 5.56 Å². The van der Waals surface area contributed by atoms with Gasteiger partial charge in [-0.25, -0.2) is 0 Å². The highest BCUT2D eigenvalue weighted by molar-refractivity contribution is 5.13. The first kappa shape index (κ1) is 10.9. The van der Waals surface area contributed by atoms with Crippen LogP contribution < -0.4 is 5.32 Å². The topological polar surface area (TPSA) is 58.5 Å². The molecule has 16 heavy (non-hydrogen) atoms. The lowest BCUT2D eigenvalue weighted by Gasteiger charge is -2.02. The Hall–Kier alpha value is -1.62. The lowest BCUT2D eigenvalue weighted by molar-refractivity contribution is 0.664. The Morgan fingerprint density at radius 1 is 1.50 bits per heavy atom. The van der Waals surface area contributed by atoms with E-state index >= 15 is 0 Å². The van der Waals surface area contributed by atoms with Gasteiger partial charge in [-0.15, -0.1) is 0 Å². The molecule has 2 N–H and O–H groups in total. The zero-order valence-electron chi connectivity index (χ0n) is 9.70. The molecule has 0 bridgehead atoms. The van der Waals surface area contributed by atoms with Gasteiger partial charge >= 0.3 is 0 Å². The molecule has 86 valence electrons. The summed E-state index contributed by atoms with van der Waals surface area (Å²) in [6.45, 7) is 3.82. The number of H-pyrrole nitrogens is 1. The number of aromatic amines is 1. The Bertz CT molecular complexity index is 443. The van der Waals surface area contributed by atoms with Gasteiger partial charge in [-0.3, -0.25) is 9.78 Å². The molecule has 2 aromatic rings. The molecule has 0 spiro atoms. The summed E-state index contributed by atoms with van der Waals surface area (Å²) in [4.78, 5) is 0. The smallest absolute Gasteiger partial charge is 0.0637 e. The van der Waals surface area contributed by atoms with Gasteiger partial charge in [0.05, 0.1) is 11.9 Å². The minimum Gasteiger partial charge on any atom is -0.312 e. The summed E-state index contributed by atoms with van der Waals surface area (Å²) in [6.07, 6.45) is 4.79. The zero-order chi connectivity index (χ0) is 11.4. The van der Waals surface area contributed by atoms with Crippen LogP contribution in [0.15, 0.2) is 18.5 Å². The molecule has 0 aliphatic heterocycles. The Morgan fingerprint density at radius 3 is 3.00 bits per heavy atom. The summed E-state index contributed by atoms with van der Waals surface area (Å²) in [5.74, 6) is 0. The lowest BCUT2D eigenvalue weighted by atomic mass is 10.2. The molecule has 0 atom stereocenters. The molecule has 5 heteroatoms. The normalized spacial score (nSPS) is 10.9. The van der Waals surface area contributed by atoms with Crippen LogP contribution in [0.1, 0.15) is 17.0 Å². The van der Waals surface area contributed by atoms with Crippen LogP contribution in [0.3, 0.4) is 0 Å². The molecule has 2 heterocycles. The maximum Gasteiger partial charge on any atom is 0.0637 e. The van der Waals surface area contributed by atoms with Gasteiger partial charge in [-0.1, -0.05) is 0 Å². The van der Waals surface area contributed by atoms with E-state index in [-0.39, 0.29) is 0 Å². The summed E-state index contributed by atoms with van der Waals surface area (Å²) in [7, 11) is 1.94. The van der Waals surface area contributed by atoms with Crippen LogP contribution in [-0.2, 0) is 20.0 Å². The van der Waals surface area contributed by atoms with Crippen molar-refractivity contribution in [2.75, 3.05) is 6.54 Å². The largest absolute Gasteiger partial charge is 0.312 e. The molecule has 0 radical (unpaired) electrons. The maximum absolute atomic E-state index is 4.32. The summed E-state index contributed by atoms with van der Waals surface area (Å²) < 4.78 is 1.83. The molecule has 0 aliphatic carbocycles. The zero-order valence-corrected chi connectivity index (χ0v) is 9.70. The predicted octanol–water partition coefficient (Wildman–Crippen LogP) is 0.784. The second-order valence-electron chi connectivity index (χ2n) is 3.93. The van der Waals surface area contributed by atoms with E-state index in [2.05, 4.69) is 20.6 Å². The molecule has 0 unspecified atom stereocenters. The first-order valence-electron chi connectivity index (χ1n) is 5.44. The maximum atomic E-state index is 4.32. The van der Waals surface area contributed by atoms with E-state index in [9.17, 15) is 0 Å². The third kappa shape index (κ3) is 2.70. The van der Waals surface area contributed by atoms with Crippen molar-refractivity contribution in [1.82, 2.24) is 25.3 Å². The molecule has 5 nitrogen and oxygen atoms in total. The van der Waals surface area contributed by atoms with Crippen LogP contribution in [0.5, 0.6) is 0 Å². The van der Waals surface area contributed by atoms with Crippen molar-refractivity contribution in [3.05, 3.63) is 35.4 Å². The van der Waals surface area contributed by atoms with Crippen LogP contribution in [0, 0.1) is 6.92 Å². The SMILES string of the molecule is Cc1[nH]ncc1CNCCc1ccn(C)n1. The van der Waals surface area contributed by atoms with Crippen molar-refractivity contribution >= 4 is 0 Å². The number of aromatic nitrogens is 4. The number of nitrogens with zero attached hydrogens (tertiary/aromatic N) is 3. The molecule has 2 rings (SSSR count). The van der Waals surface area contributed by atoms with E-state index in [1.54, 1.807) is 0 Å².